The SMILES string of the molecule is O=C(NCC1CCCCC1)C1CCCn2c1nn(Cc1ccc(F)cc1Cl)c2=O. The molecule has 4 rings (SSSR count). The van der Waals surface area contributed by atoms with Crippen molar-refractivity contribution in [2.24, 2.45) is 5.92 Å². The molecular formula is C21H26ClFN4O2. The Kier molecular flexibility index (Phi) is 6.04. The van der Waals surface area contributed by atoms with E-state index >= 15 is 0 Å². The third kappa shape index (κ3) is 4.39. The van der Waals surface area contributed by atoms with Crippen molar-refractivity contribution >= 4 is 17.5 Å². The zero-order valence-corrected chi connectivity index (χ0v) is 17.1. The standard InChI is InChI=1S/C21H26ClFN4O2/c22-18-11-16(23)9-8-15(18)13-27-21(29)26-10-4-7-17(19(26)25-27)20(28)24-12-14-5-2-1-3-6-14/h8-9,11,14,17H,1-7,10,12-13H2,(H,24,28). The number of fused-ring (bicyclic) bond motifs is 1. The van der Waals surface area contributed by atoms with Gasteiger partial charge in [-0.25, -0.2) is 13.9 Å². The first-order valence-electron chi connectivity index (χ1n) is 10.4. The molecule has 1 aromatic heterocycles. The Morgan fingerprint density at radius 2 is 2.00 bits per heavy atom. The van der Waals surface area contributed by atoms with Crippen molar-refractivity contribution < 1.29 is 9.18 Å². The summed E-state index contributed by atoms with van der Waals surface area (Å²) >= 11 is 6.10. The maximum absolute atomic E-state index is 13.3. The van der Waals surface area contributed by atoms with Crippen LogP contribution in [0.1, 0.15) is 62.3 Å². The van der Waals surface area contributed by atoms with Gasteiger partial charge in [-0.3, -0.25) is 9.36 Å². The van der Waals surface area contributed by atoms with Crippen LogP contribution in [-0.4, -0.2) is 26.8 Å². The molecule has 156 valence electrons. The first kappa shape index (κ1) is 20.1. The maximum Gasteiger partial charge on any atom is 0.346 e. The van der Waals surface area contributed by atoms with E-state index in [4.69, 9.17) is 11.6 Å². The fourth-order valence-electron chi connectivity index (χ4n) is 4.43. The molecular weight excluding hydrogens is 395 g/mol. The van der Waals surface area contributed by atoms with Gasteiger partial charge in [0.1, 0.15) is 11.6 Å². The highest BCUT2D eigenvalue weighted by Crippen LogP contribution is 2.26. The van der Waals surface area contributed by atoms with Gasteiger partial charge in [0.2, 0.25) is 5.91 Å². The summed E-state index contributed by atoms with van der Waals surface area (Å²) in [4.78, 5) is 25.6. The zero-order chi connectivity index (χ0) is 20.4. The largest absolute Gasteiger partial charge is 0.355 e. The highest BCUT2D eigenvalue weighted by atomic mass is 35.5. The second kappa shape index (κ2) is 8.69. The molecule has 29 heavy (non-hydrogen) atoms. The number of rotatable bonds is 5. The molecule has 1 aromatic carbocycles. The normalized spacial score (nSPS) is 19.7. The van der Waals surface area contributed by atoms with Crippen molar-refractivity contribution in [3.8, 4) is 0 Å². The molecule has 2 heterocycles. The number of carbonyl (C=O) groups is 1. The van der Waals surface area contributed by atoms with Gasteiger partial charge >= 0.3 is 5.69 Å². The molecule has 8 heteroatoms. The Labute approximate surface area is 174 Å². The number of benzene rings is 1. The Morgan fingerprint density at radius 3 is 2.76 bits per heavy atom. The molecule has 1 N–H and O–H groups in total. The first-order chi connectivity index (χ1) is 14.0. The summed E-state index contributed by atoms with van der Waals surface area (Å²) in [5.41, 5.74) is 0.356. The summed E-state index contributed by atoms with van der Waals surface area (Å²) in [6, 6.07) is 4.08. The van der Waals surface area contributed by atoms with Crippen LogP contribution in [0.3, 0.4) is 0 Å². The molecule has 0 saturated heterocycles. The molecule has 0 spiro atoms. The Hall–Kier alpha value is -2.15. The molecule has 0 bridgehead atoms. The summed E-state index contributed by atoms with van der Waals surface area (Å²) < 4.78 is 16.2. The van der Waals surface area contributed by atoms with E-state index in [0.717, 1.165) is 6.42 Å². The van der Waals surface area contributed by atoms with Gasteiger partial charge in [0, 0.05) is 18.1 Å². The van der Waals surface area contributed by atoms with Crippen LogP contribution in [0.25, 0.3) is 0 Å². The van der Waals surface area contributed by atoms with Crippen LogP contribution in [0.2, 0.25) is 5.02 Å². The van der Waals surface area contributed by atoms with Gasteiger partial charge in [0.15, 0.2) is 0 Å². The minimum atomic E-state index is -0.426. The predicted molar refractivity (Wildman–Crippen MR) is 109 cm³/mol. The average Bonchev–Trinajstić information content (AvgIpc) is 3.05. The smallest absolute Gasteiger partial charge is 0.346 e. The van der Waals surface area contributed by atoms with E-state index in [9.17, 15) is 14.0 Å². The molecule has 0 radical (unpaired) electrons. The summed E-state index contributed by atoms with van der Waals surface area (Å²) in [6.45, 7) is 1.40. The third-order valence-corrected chi connectivity index (χ3v) is 6.43. The van der Waals surface area contributed by atoms with E-state index in [0.29, 0.717) is 36.8 Å². The van der Waals surface area contributed by atoms with Gasteiger partial charge in [-0.05, 0) is 49.3 Å². The third-order valence-electron chi connectivity index (χ3n) is 6.08. The molecule has 1 aliphatic heterocycles. The van der Waals surface area contributed by atoms with E-state index in [1.165, 1.54) is 48.9 Å². The molecule has 1 unspecified atom stereocenters. The highest BCUT2D eigenvalue weighted by Gasteiger charge is 2.31. The van der Waals surface area contributed by atoms with E-state index < -0.39 is 11.7 Å². The molecule has 2 aliphatic rings. The first-order valence-corrected chi connectivity index (χ1v) is 10.8. The number of amides is 1. The summed E-state index contributed by atoms with van der Waals surface area (Å²) in [5.74, 6) is 0.181. The molecule has 1 saturated carbocycles. The summed E-state index contributed by atoms with van der Waals surface area (Å²) in [5, 5.41) is 7.81. The number of halogens is 2. The van der Waals surface area contributed by atoms with Crippen LogP contribution in [-0.2, 0) is 17.9 Å². The summed E-state index contributed by atoms with van der Waals surface area (Å²) in [7, 11) is 0. The minimum absolute atomic E-state index is 0.0477. The summed E-state index contributed by atoms with van der Waals surface area (Å²) in [6.07, 6.45) is 7.54. The van der Waals surface area contributed by atoms with Crippen LogP contribution < -0.4 is 11.0 Å². The molecule has 1 fully saturated rings. The Morgan fingerprint density at radius 1 is 1.21 bits per heavy atom. The van der Waals surface area contributed by atoms with Crippen LogP contribution >= 0.6 is 11.6 Å². The fourth-order valence-corrected chi connectivity index (χ4v) is 4.66. The lowest BCUT2D eigenvalue weighted by atomic mass is 9.89. The van der Waals surface area contributed by atoms with E-state index in [-0.39, 0.29) is 23.2 Å². The number of hydrogen-bond donors (Lipinski definition) is 1. The number of nitrogens with one attached hydrogen (secondary N) is 1. The quantitative estimate of drug-likeness (QED) is 0.805. The zero-order valence-electron chi connectivity index (χ0n) is 16.4. The van der Waals surface area contributed by atoms with E-state index in [1.54, 1.807) is 10.6 Å². The van der Waals surface area contributed by atoms with Gasteiger partial charge in [-0.2, -0.15) is 5.10 Å². The molecule has 1 aliphatic carbocycles. The number of aromatic nitrogens is 3. The van der Waals surface area contributed by atoms with Crippen LogP contribution in [0.4, 0.5) is 4.39 Å². The van der Waals surface area contributed by atoms with E-state index in [1.807, 2.05) is 0 Å². The molecule has 1 amide bonds. The number of nitrogens with zero attached hydrogens (tertiary/aromatic N) is 3. The van der Waals surface area contributed by atoms with Crippen molar-refractivity contribution in [3.63, 3.8) is 0 Å². The van der Waals surface area contributed by atoms with Crippen molar-refractivity contribution in [3.05, 3.63) is 50.9 Å². The molecule has 2 aromatic rings. The van der Waals surface area contributed by atoms with Gasteiger partial charge < -0.3 is 5.32 Å². The number of carbonyl (C=O) groups excluding carboxylic acids is 1. The van der Waals surface area contributed by atoms with Gasteiger partial charge in [-0.1, -0.05) is 36.9 Å². The van der Waals surface area contributed by atoms with Crippen molar-refractivity contribution in [1.29, 1.82) is 0 Å². The average molecular weight is 421 g/mol. The lowest BCUT2D eigenvalue weighted by Crippen LogP contribution is -2.37. The highest BCUT2D eigenvalue weighted by molar-refractivity contribution is 6.31. The second-order valence-corrected chi connectivity index (χ2v) is 8.54. The molecule has 1 atom stereocenters. The molecule has 6 nitrogen and oxygen atoms in total. The Balaban J connectivity index is 1.50. The van der Waals surface area contributed by atoms with Crippen LogP contribution in [0.15, 0.2) is 23.0 Å². The lowest BCUT2D eigenvalue weighted by molar-refractivity contribution is -0.123. The predicted octanol–water partition coefficient (Wildman–Crippen LogP) is 3.46. The van der Waals surface area contributed by atoms with Crippen molar-refractivity contribution in [2.45, 2.75) is 64.0 Å². The van der Waals surface area contributed by atoms with Crippen molar-refractivity contribution in [2.75, 3.05) is 6.54 Å². The number of hydrogen-bond acceptors (Lipinski definition) is 3. The fraction of sp³-hybridized carbons (Fsp3) is 0.571. The Bertz CT molecular complexity index is 949. The topological polar surface area (TPSA) is 68.9 Å². The lowest BCUT2D eigenvalue weighted by Gasteiger charge is -2.25. The van der Waals surface area contributed by atoms with Crippen LogP contribution in [0.5, 0.6) is 0 Å². The monoisotopic (exact) mass is 420 g/mol. The minimum Gasteiger partial charge on any atom is -0.355 e. The van der Waals surface area contributed by atoms with E-state index in [2.05, 4.69) is 10.4 Å². The van der Waals surface area contributed by atoms with Gasteiger partial charge in [0.05, 0.1) is 12.5 Å². The second-order valence-electron chi connectivity index (χ2n) is 8.13. The van der Waals surface area contributed by atoms with Gasteiger partial charge in [-0.15, -0.1) is 0 Å². The van der Waals surface area contributed by atoms with Crippen molar-refractivity contribution in [1.82, 2.24) is 19.7 Å². The maximum atomic E-state index is 13.3. The van der Waals surface area contributed by atoms with Gasteiger partial charge in [0.25, 0.3) is 0 Å². The van der Waals surface area contributed by atoms with Crippen LogP contribution in [0, 0.1) is 11.7 Å².